The lowest BCUT2D eigenvalue weighted by Gasteiger charge is -2.46. The van der Waals surface area contributed by atoms with Gasteiger partial charge in [-0.15, -0.1) is 0 Å². The molecule has 204 valence electrons. The second-order valence-electron chi connectivity index (χ2n) is 8.98. The van der Waals surface area contributed by atoms with Crippen molar-refractivity contribution in [2.45, 2.75) is 56.6 Å². The van der Waals surface area contributed by atoms with Gasteiger partial charge in [-0.25, -0.2) is 0 Å². The number of carboxylic acid groups (broad SMARTS) is 1. The summed E-state index contributed by atoms with van der Waals surface area (Å²) in [7, 11) is 1.43. The fourth-order valence-corrected chi connectivity index (χ4v) is 4.45. The highest BCUT2D eigenvalue weighted by atomic mass is 16.7. The van der Waals surface area contributed by atoms with Gasteiger partial charge in [0.15, 0.2) is 12.3 Å². The summed E-state index contributed by atoms with van der Waals surface area (Å²) in [5.74, 6) is -1.36. The van der Waals surface area contributed by atoms with Gasteiger partial charge >= 0.3 is 5.97 Å². The number of hydrogen-bond acceptors (Lipinski definition) is 7. The minimum atomic E-state index is -1.59. The van der Waals surface area contributed by atoms with Crippen molar-refractivity contribution in [2.75, 3.05) is 7.11 Å². The van der Waals surface area contributed by atoms with Crippen LogP contribution in [-0.4, -0.2) is 54.9 Å². The van der Waals surface area contributed by atoms with Crippen molar-refractivity contribution in [3.8, 4) is 0 Å². The zero-order valence-electron chi connectivity index (χ0n) is 21.5. The average Bonchev–Trinajstić information content (AvgIpc) is 2.98. The largest absolute Gasteiger partial charge is 0.481 e. The van der Waals surface area contributed by atoms with Crippen LogP contribution in [0.2, 0.25) is 0 Å². The maximum absolute atomic E-state index is 12.2. The van der Waals surface area contributed by atoms with E-state index in [0.717, 1.165) is 16.7 Å². The Morgan fingerprint density at radius 2 is 1.26 bits per heavy atom. The standard InChI is InChI=1S/C29H31N3O7/c1-35-29-27(38-19-22-15-9-4-10-16-22)26(37-18-21-13-7-3-8-14-21)25(36-17-20-11-5-2-6-12-20)24(39-29)23(28(33)34)31-32-30/h2-16,23-27,29H,17-19H2,1H3,(H,33,34)/t23-,24+,25+,26-,27+,29-/m0/s1. The third-order valence-electron chi connectivity index (χ3n) is 6.36. The fraction of sp³-hybridized carbons (Fsp3) is 0.345. The molecule has 39 heavy (non-hydrogen) atoms. The Labute approximate surface area is 226 Å². The Hall–Kier alpha value is -3.76. The molecule has 3 aromatic carbocycles. The van der Waals surface area contributed by atoms with E-state index in [-0.39, 0.29) is 19.8 Å². The lowest BCUT2D eigenvalue weighted by Crippen LogP contribution is -2.63. The predicted molar refractivity (Wildman–Crippen MR) is 141 cm³/mol. The smallest absolute Gasteiger partial charge is 0.315 e. The lowest BCUT2D eigenvalue weighted by atomic mass is 9.93. The highest BCUT2D eigenvalue weighted by molar-refractivity contribution is 5.74. The van der Waals surface area contributed by atoms with E-state index in [2.05, 4.69) is 10.0 Å². The van der Waals surface area contributed by atoms with Crippen LogP contribution in [-0.2, 0) is 48.3 Å². The number of carbonyl (C=O) groups is 1. The summed E-state index contributed by atoms with van der Waals surface area (Å²) in [5, 5.41) is 13.4. The Morgan fingerprint density at radius 1 is 0.821 bits per heavy atom. The third kappa shape index (κ3) is 7.64. The molecule has 0 amide bonds. The molecule has 1 heterocycles. The van der Waals surface area contributed by atoms with Gasteiger partial charge in [0.05, 0.1) is 19.8 Å². The van der Waals surface area contributed by atoms with Crippen molar-refractivity contribution in [1.82, 2.24) is 0 Å². The normalized spacial score (nSPS) is 23.5. The van der Waals surface area contributed by atoms with E-state index >= 15 is 0 Å². The van der Waals surface area contributed by atoms with Gasteiger partial charge in [0.1, 0.15) is 24.4 Å². The van der Waals surface area contributed by atoms with E-state index in [1.165, 1.54) is 7.11 Å². The molecule has 10 heteroatoms. The molecule has 0 saturated carbocycles. The van der Waals surface area contributed by atoms with E-state index in [9.17, 15) is 9.90 Å². The molecule has 3 aromatic rings. The zero-order chi connectivity index (χ0) is 27.5. The van der Waals surface area contributed by atoms with Gasteiger partial charge in [-0.1, -0.05) is 96.1 Å². The van der Waals surface area contributed by atoms with Gasteiger partial charge in [0, 0.05) is 12.0 Å². The van der Waals surface area contributed by atoms with Crippen LogP contribution < -0.4 is 0 Å². The molecule has 0 aromatic heterocycles. The zero-order valence-corrected chi connectivity index (χ0v) is 21.5. The molecule has 1 aliphatic heterocycles. The second kappa shape index (κ2) is 14.4. The Kier molecular flexibility index (Phi) is 10.4. The number of ether oxygens (including phenoxy) is 5. The molecule has 4 rings (SSSR count). The molecule has 1 aliphatic rings. The van der Waals surface area contributed by atoms with Crippen LogP contribution in [0.4, 0.5) is 0 Å². The van der Waals surface area contributed by atoms with Crippen molar-refractivity contribution in [1.29, 1.82) is 0 Å². The van der Waals surface area contributed by atoms with Gasteiger partial charge in [0.2, 0.25) is 0 Å². The van der Waals surface area contributed by atoms with E-state index in [4.69, 9.17) is 29.2 Å². The highest BCUT2D eigenvalue weighted by Crippen LogP contribution is 2.33. The van der Waals surface area contributed by atoms with Crippen molar-refractivity contribution >= 4 is 5.97 Å². The number of methoxy groups -OCH3 is 1. The Morgan fingerprint density at radius 3 is 1.67 bits per heavy atom. The maximum atomic E-state index is 12.2. The average molecular weight is 534 g/mol. The van der Waals surface area contributed by atoms with Crippen LogP contribution in [0.15, 0.2) is 96.1 Å². The van der Waals surface area contributed by atoms with Crippen molar-refractivity contribution < 1.29 is 33.6 Å². The van der Waals surface area contributed by atoms with Crippen LogP contribution >= 0.6 is 0 Å². The summed E-state index contributed by atoms with van der Waals surface area (Å²) in [6.45, 7) is 0.571. The molecule has 1 N–H and O–H groups in total. The summed E-state index contributed by atoms with van der Waals surface area (Å²) < 4.78 is 30.7. The van der Waals surface area contributed by atoms with Gasteiger partial charge in [-0.3, -0.25) is 4.79 Å². The third-order valence-corrected chi connectivity index (χ3v) is 6.36. The molecule has 0 aliphatic carbocycles. The van der Waals surface area contributed by atoms with Gasteiger partial charge in [0.25, 0.3) is 0 Å². The molecule has 0 radical (unpaired) electrons. The molecule has 0 spiro atoms. The van der Waals surface area contributed by atoms with Gasteiger partial charge in [-0.2, -0.15) is 0 Å². The van der Waals surface area contributed by atoms with Crippen LogP contribution in [0, 0.1) is 0 Å². The molecular weight excluding hydrogens is 502 g/mol. The first-order chi connectivity index (χ1) is 19.1. The number of carboxylic acids is 1. The molecule has 6 atom stereocenters. The number of rotatable bonds is 13. The second-order valence-corrected chi connectivity index (χ2v) is 8.98. The number of hydrogen-bond donors (Lipinski definition) is 1. The molecule has 0 unspecified atom stereocenters. The van der Waals surface area contributed by atoms with E-state index in [0.29, 0.717) is 0 Å². The summed E-state index contributed by atoms with van der Waals surface area (Å²) >= 11 is 0. The first-order valence-corrected chi connectivity index (χ1v) is 12.5. The minimum absolute atomic E-state index is 0.141. The van der Waals surface area contributed by atoms with Crippen LogP contribution in [0.1, 0.15) is 16.7 Å². The molecule has 0 bridgehead atoms. The van der Waals surface area contributed by atoms with E-state index in [1.54, 1.807) is 0 Å². The quantitative estimate of drug-likeness (QED) is 0.188. The van der Waals surface area contributed by atoms with E-state index < -0.39 is 42.7 Å². The summed E-state index contributed by atoms with van der Waals surface area (Å²) in [5.41, 5.74) is 11.8. The topological polar surface area (TPSA) is 132 Å². The first-order valence-electron chi connectivity index (χ1n) is 12.5. The maximum Gasteiger partial charge on any atom is 0.315 e. The van der Waals surface area contributed by atoms with Crippen LogP contribution in [0.3, 0.4) is 0 Å². The summed E-state index contributed by atoms with van der Waals surface area (Å²) in [6.07, 6.45) is -4.85. The van der Waals surface area contributed by atoms with Gasteiger partial charge in [-0.05, 0) is 22.2 Å². The molecule has 10 nitrogen and oxygen atoms in total. The first kappa shape index (κ1) is 28.3. The highest BCUT2D eigenvalue weighted by Gasteiger charge is 2.52. The molecular formula is C29H31N3O7. The van der Waals surface area contributed by atoms with Gasteiger partial charge < -0.3 is 28.8 Å². The monoisotopic (exact) mass is 533 g/mol. The van der Waals surface area contributed by atoms with Crippen LogP contribution in [0.5, 0.6) is 0 Å². The molecule has 1 saturated heterocycles. The summed E-state index contributed by atoms with van der Waals surface area (Å²) in [6, 6.07) is 27.0. The number of nitrogens with zero attached hydrogens (tertiary/aromatic N) is 3. The lowest BCUT2D eigenvalue weighted by molar-refractivity contribution is -0.319. The van der Waals surface area contributed by atoms with Crippen molar-refractivity contribution in [3.63, 3.8) is 0 Å². The van der Waals surface area contributed by atoms with Crippen molar-refractivity contribution in [3.05, 3.63) is 118 Å². The van der Waals surface area contributed by atoms with Crippen molar-refractivity contribution in [2.24, 2.45) is 5.11 Å². The number of benzene rings is 3. The fourth-order valence-electron chi connectivity index (χ4n) is 4.45. The number of azide groups is 1. The Balaban J connectivity index is 1.69. The molecule has 1 fully saturated rings. The predicted octanol–water partition coefficient (Wildman–Crippen LogP) is 4.88. The summed E-state index contributed by atoms with van der Waals surface area (Å²) in [4.78, 5) is 14.9. The Bertz CT molecular complexity index is 1210. The SMILES string of the molecule is CO[C@H]1O[C@H]([C@H](N=[N+]=[N-])C(=O)O)[C@@H](OCc2ccccc2)[C@H](OCc2ccccc2)[C@H]1OCc1ccccc1. The van der Waals surface area contributed by atoms with E-state index in [1.807, 2.05) is 91.0 Å². The minimum Gasteiger partial charge on any atom is -0.481 e. The van der Waals surface area contributed by atoms with Crippen LogP contribution in [0.25, 0.3) is 10.4 Å². The number of aliphatic carboxylic acids is 1.